The molecule has 5 heterocycles. The molecular weight excluding hydrogens is 484 g/mol. The molecule has 198 valence electrons. The Balaban J connectivity index is 1.04. The van der Waals surface area contributed by atoms with Crippen molar-refractivity contribution in [2.45, 2.75) is 38.1 Å². The minimum absolute atomic E-state index is 0.225. The highest BCUT2D eigenvalue weighted by Crippen LogP contribution is 2.33. The summed E-state index contributed by atoms with van der Waals surface area (Å²) in [5, 5.41) is 8.09. The Morgan fingerprint density at radius 1 is 0.947 bits per heavy atom. The third kappa shape index (κ3) is 4.85. The van der Waals surface area contributed by atoms with Crippen LogP contribution in [0.4, 0.5) is 16.2 Å². The average Bonchev–Trinajstić information content (AvgIpc) is 3.39. The fraction of sp³-hybridized carbons (Fsp3) is 0.481. The van der Waals surface area contributed by atoms with Gasteiger partial charge >= 0.3 is 6.03 Å². The number of hydrogen-bond donors (Lipinski definition) is 1. The highest BCUT2D eigenvalue weighted by Gasteiger charge is 2.29. The van der Waals surface area contributed by atoms with Gasteiger partial charge < -0.3 is 9.80 Å². The quantitative estimate of drug-likeness (QED) is 0.497. The molecule has 38 heavy (non-hydrogen) atoms. The SMILES string of the molecule is O=Cc1ncc(N2CCC(CN3CCC(n4ncc5c(N6CCC(=O)NC6=O)cccc54)CC3)CC2)cn1. The maximum Gasteiger partial charge on any atom is 0.328 e. The molecule has 0 atom stereocenters. The van der Waals surface area contributed by atoms with Crippen LogP contribution >= 0.6 is 0 Å². The van der Waals surface area contributed by atoms with Crippen LogP contribution in [0.3, 0.4) is 0 Å². The highest BCUT2D eigenvalue weighted by atomic mass is 16.2. The van der Waals surface area contributed by atoms with Gasteiger partial charge in [0.05, 0.1) is 41.5 Å². The van der Waals surface area contributed by atoms with Gasteiger partial charge in [0.1, 0.15) is 0 Å². The van der Waals surface area contributed by atoms with Gasteiger partial charge in [-0.2, -0.15) is 5.10 Å². The molecule has 3 amide bonds. The van der Waals surface area contributed by atoms with Crippen LogP contribution in [0.1, 0.15) is 48.8 Å². The normalized spacial score (nSPS) is 20.2. The second-order valence-electron chi connectivity index (χ2n) is 10.4. The molecule has 6 rings (SSSR count). The number of fused-ring (bicyclic) bond motifs is 1. The first-order valence-corrected chi connectivity index (χ1v) is 13.4. The van der Waals surface area contributed by atoms with E-state index in [9.17, 15) is 14.4 Å². The number of urea groups is 1. The minimum atomic E-state index is -0.371. The number of nitrogens with zero attached hydrogens (tertiary/aromatic N) is 7. The van der Waals surface area contributed by atoms with E-state index in [1.165, 1.54) is 0 Å². The number of amides is 3. The number of imide groups is 1. The van der Waals surface area contributed by atoms with Crippen LogP contribution in [-0.2, 0) is 4.79 Å². The van der Waals surface area contributed by atoms with Gasteiger partial charge in [0.2, 0.25) is 5.91 Å². The molecule has 1 N–H and O–H groups in total. The van der Waals surface area contributed by atoms with Crippen molar-refractivity contribution in [3.8, 4) is 0 Å². The van der Waals surface area contributed by atoms with Crippen molar-refractivity contribution in [2.75, 3.05) is 49.1 Å². The molecule has 0 aliphatic carbocycles. The summed E-state index contributed by atoms with van der Waals surface area (Å²) >= 11 is 0. The van der Waals surface area contributed by atoms with Crippen molar-refractivity contribution in [3.05, 3.63) is 42.6 Å². The lowest BCUT2D eigenvalue weighted by Crippen LogP contribution is -2.49. The van der Waals surface area contributed by atoms with Crippen LogP contribution in [-0.4, -0.2) is 82.1 Å². The Morgan fingerprint density at radius 2 is 1.71 bits per heavy atom. The Bertz CT molecular complexity index is 1320. The maximum atomic E-state index is 12.4. The van der Waals surface area contributed by atoms with E-state index in [0.717, 1.165) is 80.7 Å². The summed E-state index contributed by atoms with van der Waals surface area (Å²) in [5.74, 6) is 0.669. The monoisotopic (exact) mass is 516 g/mol. The number of nitrogens with one attached hydrogen (secondary N) is 1. The molecule has 0 spiro atoms. The molecule has 1 aromatic carbocycles. The summed E-state index contributed by atoms with van der Waals surface area (Å²) in [4.78, 5) is 49.5. The molecule has 3 aliphatic heterocycles. The van der Waals surface area contributed by atoms with E-state index >= 15 is 0 Å². The Kier molecular flexibility index (Phi) is 6.75. The van der Waals surface area contributed by atoms with Crippen LogP contribution in [0.15, 0.2) is 36.8 Å². The van der Waals surface area contributed by atoms with Gasteiger partial charge in [-0.15, -0.1) is 0 Å². The van der Waals surface area contributed by atoms with Crippen LogP contribution in [0.2, 0.25) is 0 Å². The number of aromatic nitrogens is 4. The zero-order valence-electron chi connectivity index (χ0n) is 21.3. The number of anilines is 2. The van der Waals surface area contributed by atoms with Crippen LogP contribution in [0, 0.1) is 5.92 Å². The molecule has 11 heteroatoms. The number of benzene rings is 1. The summed E-state index contributed by atoms with van der Waals surface area (Å²) < 4.78 is 2.12. The van der Waals surface area contributed by atoms with E-state index in [-0.39, 0.29) is 17.8 Å². The first-order valence-electron chi connectivity index (χ1n) is 13.4. The number of likely N-dealkylation sites (tertiary alicyclic amines) is 1. The van der Waals surface area contributed by atoms with E-state index in [1.54, 1.807) is 17.3 Å². The lowest BCUT2D eigenvalue weighted by Gasteiger charge is -2.38. The first-order chi connectivity index (χ1) is 18.6. The number of hydrogen-bond acceptors (Lipinski definition) is 8. The van der Waals surface area contributed by atoms with Crippen molar-refractivity contribution in [1.82, 2.24) is 30.0 Å². The minimum Gasteiger partial charge on any atom is -0.369 e. The van der Waals surface area contributed by atoms with Gasteiger partial charge in [-0.05, 0) is 43.7 Å². The second kappa shape index (κ2) is 10.5. The van der Waals surface area contributed by atoms with E-state index in [0.29, 0.717) is 31.2 Å². The van der Waals surface area contributed by atoms with E-state index in [2.05, 4.69) is 35.8 Å². The van der Waals surface area contributed by atoms with Gasteiger partial charge in [-0.3, -0.25) is 24.5 Å². The standard InChI is InChI=1S/C27H32N8O3/c36-18-25-28-14-21(15-29-25)33-11-4-19(5-12-33)17-32-9-6-20(7-10-32)35-24-3-1-2-23(22(24)16-30-35)34-13-8-26(37)31-27(34)38/h1-3,14-16,18-20H,4-13,17H2,(H,31,37,38). The van der Waals surface area contributed by atoms with Crippen molar-refractivity contribution in [1.29, 1.82) is 0 Å². The van der Waals surface area contributed by atoms with E-state index < -0.39 is 0 Å². The number of aldehydes is 1. The number of piperidine rings is 2. The Labute approximate surface area is 220 Å². The summed E-state index contributed by atoms with van der Waals surface area (Å²) in [6, 6.07) is 5.90. The topological polar surface area (TPSA) is 117 Å². The van der Waals surface area contributed by atoms with E-state index in [4.69, 9.17) is 5.10 Å². The molecule has 0 unspecified atom stereocenters. The highest BCUT2D eigenvalue weighted by molar-refractivity contribution is 6.09. The number of carbonyl (C=O) groups is 3. The predicted molar refractivity (Wildman–Crippen MR) is 142 cm³/mol. The molecule has 3 fully saturated rings. The summed E-state index contributed by atoms with van der Waals surface area (Å²) in [5.41, 5.74) is 2.82. The molecule has 0 bridgehead atoms. The maximum absolute atomic E-state index is 12.4. The Morgan fingerprint density at radius 3 is 2.42 bits per heavy atom. The molecule has 3 saturated heterocycles. The third-order valence-electron chi connectivity index (χ3n) is 8.13. The number of rotatable bonds is 6. The van der Waals surface area contributed by atoms with Crippen molar-refractivity contribution in [3.63, 3.8) is 0 Å². The summed E-state index contributed by atoms with van der Waals surface area (Å²) in [6.45, 7) is 5.55. The second-order valence-corrected chi connectivity index (χ2v) is 10.4. The van der Waals surface area contributed by atoms with Gasteiger partial charge in [0.15, 0.2) is 12.1 Å². The molecular formula is C27H32N8O3. The molecule has 2 aromatic heterocycles. The van der Waals surface area contributed by atoms with Crippen molar-refractivity contribution < 1.29 is 14.4 Å². The number of carbonyl (C=O) groups excluding carboxylic acids is 3. The largest absolute Gasteiger partial charge is 0.369 e. The molecule has 3 aliphatic rings. The molecule has 0 saturated carbocycles. The predicted octanol–water partition coefficient (Wildman–Crippen LogP) is 2.64. The lowest BCUT2D eigenvalue weighted by atomic mass is 9.94. The summed E-state index contributed by atoms with van der Waals surface area (Å²) in [7, 11) is 0. The van der Waals surface area contributed by atoms with Crippen molar-refractivity contribution >= 4 is 40.5 Å². The van der Waals surface area contributed by atoms with Crippen molar-refractivity contribution in [2.24, 2.45) is 5.92 Å². The van der Waals surface area contributed by atoms with Gasteiger partial charge in [-0.1, -0.05) is 6.07 Å². The van der Waals surface area contributed by atoms with Gasteiger partial charge in [0, 0.05) is 51.1 Å². The van der Waals surface area contributed by atoms with Gasteiger partial charge in [0.25, 0.3) is 0 Å². The smallest absolute Gasteiger partial charge is 0.328 e. The molecule has 3 aromatic rings. The molecule has 0 radical (unpaired) electrons. The van der Waals surface area contributed by atoms with Crippen LogP contribution in [0.5, 0.6) is 0 Å². The lowest BCUT2D eigenvalue weighted by molar-refractivity contribution is -0.120. The molecule has 11 nitrogen and oxygen atoms in total. The van der Waals surface area contributed by atoms with Crippen LogP contribution < -0.4 is 15.1 Å². The zero-order valence-corrected chi connectivity index (χ0v) is 21.3. The van der Waals surface area contributed by atoms with Gasteiger partial charge in [-0.25, -0.2) is 14.8 Å². The fourth-order valence-electron chi connectivity index (χ4n) is 6.02. The van der Waals surface area contributed by atoms with E-state index in [1.807, 2.05) is 18.3 Å². The average molecular weight is 517 g/mol. The first kappa shape index (κ1) is 24.5. The fourth-order valence-corrected chi connectivity index (χ4v) is 6.02. The Hall–Kier alpha value is -3.86. The summed E-state index contributed by atoms with van der Waals surface area (Å²) in [6.07, 6.45) is 10.7. The third-order valence-corrected chi connectivity index (χ3v) is 8.13. The van der Waals surface area contributed by atoms with Crippen LogP contribution in [0.25, 0.3) is 10.9 Å². The zero-order chi connectivity index (χ0) is 26.1.